The molecule has 2 unspecified atom stereocenters. The average molecular weight is 272 g/mol. The van der Waals surface area contributed by atoms with Gasteiger partial charge in [0.05, 0.1) is 6.10 Å². The number of benzene rings is 1. The standard InChI is InChI=1S/C13H18ClNO3/c1-8-3-4-11(14)10(7-8)13(18)12(17)5-6-15-9(2)16/h3-4,7,12-13,17-18H,5-6H2,1-2H3,(H,15,16). The summed E-state index contributed by atoms with van der Waals surface area (Å²) in [5.41, 5.74) is 1.47. The minimum Gasteiger partial charge on any atom is -0.390 e. The first-order chi connectivity index (χ1) is 8.41. The summed E-state index contributed by atoms with van der Waals surface area (Å²) in [4.78, 5) is 10.7. The Morgan fingerprint density at radius 1 is 1.44 bits per heavy atom. The van der Waals surface area contributed by atoms with Crippen LogP contribution in [0.25, 0.3) is 0 Å². The van der Waals surface area contributed by atoms with Gasteiger partial charge in [-0.05, 0) is 19.4 Å². The molecule has 0 aliphatic rings. The van der Waals surface area contributed by atoms with E-state index in [0.717, 1.165) is 5.56 Å². The summed E-state index contributed by atoms with van der Waals surface area (Å²) in [5.74, 6) is -0.162. The Bertz CT molecular complexity index is 423. The van der Waals surface area contributed by atoms with Gasteiger partial charge in [-0.15, -0.1) is 0 Å². The number of carbonyl (C=O) groups is 1. The third-order valence-electron chi connectivity index (χ3n) is 2.65. The Kier molecular flexibility index (Phi) is 5.59. The van der Waals surface area contributed by atoms with E-state index in [0.29, 0.717) is 17.1 Å². The van der Waals surface area contributed by atoms with E-state index in [4.69, 9.17) is 11.6 Å². The minimum atomic E-state index is -1.05. The van der Waals surface area contributed by atoms with Crippen molar-refractivity contribution in [2.24, 2.45) is 0 Å². The highest BCUT2D eigenvalue weighted by molar-refractivity contribution is 6.31. The third-order valence-corrected chi connectivity index (χ3v) is 2.99. The highest BCUT2D eigenvalue weighted by Crippen LogP contribution is 2.27. The number of amides is 1. The number of aryl methyl sites for hydroxylation is 1. The van der Waals surface area contributed by atoms with Crippen LogP contribution in [0.15, 0.2) is 18.2 Å². The zero-order chi connectivity index (χ0) is 13.7. The summed E-state index contributed by atoms with van der Waals surface area (Å²) in [6.45, 7) is 3.60. The van der Waals surface area contributed by atoms with Crippen LogP contribution in [0.2, 0.25) is 5.02 Å². The Labute approximate surface area is 112 Å². The number of rotatable bonds is 5. The van der Waals surface area contributed by atoms with Crippen LogP contribution < -0.4 is 5.32 Å². The predicted molar refractivity (Wildman–Crippen MR) is 70.5 cm³/mol. The average Bonchev–Trinajstić information content (AvgIpc) is 2.30. The maximum atomic E-state index is 10.7. The van der Waals surface area contributed by atoms with E-state index in [-0.39, 0.29) is 12.3 Å². The summed E-state index contributed by atoms with van der Waals surface area (Å²) >= 11 is 5.98. The Hall–Kier alpha value is -1.10. The van der Waals surface area contributed by atoms with Gasteiger partial charge in [-0.3, -0.25) is 4.79 Å². The first-order valence-electron chi connectivity index (χ1n) is 5.78. The highest BCUT2D eigenvalue weighted by atomic mass is 35.5. The molecular formula is C13H18ClNO3. The maximum absolute atomic E-state index is 10.7. The van der Waals surface area contributed by atoms with E-state index in [1.165, 1.54) is 6.92 Å². The molecule has 18 heavy (non-hydrogen) atoms. The lowest BCUT2D eigenvalue weighted by atomic mass is 10.0. The molecule has 2 atom stereocenters. The summed E-state index contributed by atoms with van der Waals surface area (Å²) in [7, 11) is 0. The molecule has 1 rings (SSSR count). The number of hydrogen-bond donors (Lipinski definition) is 3. The number of carbonyl (C=O) groups excluding carboxylic acids is 1. The van der Waals surface area contributed by atoms with Crippen molar-refractivity contribution in [3.05, 3.63) is 34.3 Å². The van der Waals surface area contributed by atoms with Crippen LogP contribution in [0.1, 0.15) is 30.6 Å². The lowest BCUT2D eigenvalue weighted by Crippen LogP contribution is -2.27. The van der Waals surface area contributed by atoms with E-state index >= 15 is 0 Å². The van der Waals surface area contributed by atoms with Crippen LogP contribution in [-0.4, -0.2) is 28.8 Å². The van der Waals surface area contributed by atoms with Gasteiger partial charge in [-0.1, -0.05) is 29.3 Å². The molecule has 0 saturated heterocycles. The van der Waals surface area contributed by atoms with Crippen LogP contribution in [0, 0.1) is 6.92 Å². The van der Waals surface area contributed by atoms with Crippen LogP contribution in [-0.2, 0) is 4.79 Å². The molecule has 0 bridgehead atoms. The fourth-order valence-corrected chi connectivity index (χ4v) is 1.88. The summed E-state index contributed by atoms with van der Waals surface area (Å²) in [6.07, 6.45) is -1.74. The molecule has 0 aromatic heterocycles. The Balaban J connectivity index is 2.64. The molecule has 0 aliphatic carbocycles. The molecule has 1 aromatic carbocycles. The molecule has 100 valence electrons. The molecule has 0 spiro atoms. The van der Waals surface area contributed by atoms with E-state index in [2.05, 4.69) is 5.32 Å². The number of aliphatic hydroxyl groups is 2. The Morgan fingerprint density at radius 3 is 2.72 bits per heavy atom. The second kappa shape index (κ2) is 6.73. The molecule has 0 aliphatic heterocycles. The van der Waals surface area contributed by atoms with Crippen molar-refractivity contribution >= 4 is 17.5 Å². The van der Waals surface area contributed by atoms with Crippen molar-refractivity contribution < 1.29 is 15.0 Å². The molecule has 0 fully saturated rings. The summed E-state index contributed by atoms with van der Waals surface area (Å²) < 4.78 is 0. The maximum Gasteiger partial charge on any atom is 0.216 e. The van der Waals surface area contributed by atoms with Crippen LogP contribution in [0.5, 0.6) is 0 Å². The molecule has 1 amide bonds. The van der Waals surface area contributed by atoms with Gasteiger partial charge in [0.1, 0.15) is 6.10 Å². The Morgan fingerprint density at radius 2 is 2.11 bits per heavy atom. The number of hydrogen-bond acceptors (Lipinski definition) is 3. The van der Waals surface area contributed by atoms with Gasteiger partial charge in [0.2, 0.25) is 5.91 Å². The van der Waals surface area contributed by atoms with Gasteiger partial charge in [0, 0.05) is 24.1 Å². The number of nitrogens with one attached hydrogen (secondary N) is 1. The van der Waals surface area contributed by atoms with E-state index in [1.54, 1.807) is 12.1 Å². The van der Waals surface area contributed by atoms with Crippen molar-refractivity contribution in [2.45, 2.75) is 32.5 Å². The van der Waals surface area contributed by atoms with Crippen molar-refractivity contribution in [3.63, 3.8) is 0 Å². The first-order valence-corrected chi connectivity index (χ1v) is 6.16. The topological polar surface area (TPSA) is 69.6 Å². The second-order valence-corrected chi connectivity index (χ2v) is 4.72. The monoisotopic (exact) mass is 271 g/mol. The molecule has 0 radical (unpaired) electrons. The largest absolute Gasteiger partial charge is 0.390 e. The smallest absolute Gasteiger partial charge is 0.216 e. The van der Waals surface area contributed by atoms with Crippen molar-refractivity contribution in [1.82, 2.24) is 5.32 Å². The quantitative estimate of drug-likeness (QED) is 0.761. The van der Waals surface area contributed by atoms with Gasteiger partial charge in [0.25, 0.3) is 0 Å². The molecule has 1 aromatic rings. The number of halogens is 1. The van der Waals surface area contributed by atoms with Gasteiger partial charge in [-0.2, -0.15) is 0 Å². The van der Waals surface area contributed by atoms with Crippen molar-refractivity contribution in [2.75, 3.05) is 6.54 Å². The highest BCUT2D eigenvalue weighted by Gasteiger charge is 2.20. The number of aliphatic hydroxyl groups excluding tert-OH is 2. The zero-order valence-electron chi connectivity index (χ0n) is 10.5. The normalized spacial score (nSPS) is 14.1. The van der Waals surface area contributed by atoms with Gasteiger partial charge >= 0.3 is 0 Å². The minimum absolute atomic E-state index is 0.162. The molecule has 0 heterocycles. The first kappa shape index (κ1) is 15.0. The van der Waals surface area contributed by atoms with Crippen LogP contribution in [0.3, 0.4) is 0 Å². The second-order valence-electron chi connectivity index (χ2n) is 4.31. The lowest BCUT2D eigenvalue weighted by Gasteiger charge is -2.19. The SMILES string of the molecule is CC(=O)NCCC(O)C(O)c1cc(C)ccc1Cl. The van der Waals surface area contributed by atoms with Gasteiger partial charge in [-0.25, -0.2) is 0 Å². The lowest BCUT2D eigenvalue weighted by molar-refractivity contribution is -0.119. The van der Waals surface area contributed by atoms with Gasteiger partial charge in [0.15, 0.2) is 0 Å². The molecular weight excluding hydrogens is 254 g/mol. The van der Waals surface area contributed by atoms with Crippen LogP contribution >= 0.6 is 11.6 Å². The van der Waals surface area contributed by atoms with E-state index < -0.39 is 12.2 Å². The van der Waals surface area contributed by atoms with Crippen molar-refractivity contribution in [3.8, 4) is 0 Å². The van der Waals surface area contributed by atoms with Crippen LogP contribution in [0.4, 0.5) is 0 Å². The predicted octanol–water partition coefficient (Wildman–Crippen LogP) is 1.57. The molecule has 4 nitrogen and oxygen atoms in total. The fraction of sp³-hybridized carbons (Fsp3) is 0.462. The third kappa shape index (κ3) is 4.29. The summed E-state index contributed by atoms with van der Waals surface area (Å²) in [5, 5.41) is 22.8. The molecule has 5 heteroatoms. The summed E-state index contributed by atoms with van der Waals surface area (Å²) in [6, 6.07) is 5.27. The zero-order valence-corrected chi connectivity index (χ0v) is 11.2. The van der Waals surface area contributed by atoms with Crippen molar-refractivity contribution in [1.29, 1.82) is 0 Å². The molecule has 0 saturated carbocycles. The van der Waals surface area contributed by atoms with Gasteiger partial charge < -0.3 is 15.5 Å². The molecule has 3 N–H and O–H groups in total. The fourth-order valence-electron chi connectivity index (χ4n) is 1.65. The van der Waals surface area contributed by atoms with E-state index in [1.807, 2.05) is 13.0 Å². The van der Waals surface area contributed by atoms with E-state index in [9.17, 15) is 15.0 Å².